The number of aromatic nitrogens is 1. The molecule has 0 amide bonds. The number of fused-ring (bicyclic) bond motifs is 1. The summed E-state index contributed by atoms with van der Waals surface area (Å²) in [5.41, 5.74) is 11.2. The summed E-state index contributed by atoms with van der Waals surface area (Å²) >= 11 is 6.47. The van der Waals surface area contributed by atoms with Crippen LogP contribution in [0.4, 0.5) is 5.69 Å². The third-order valence-corrected chi connectivity index (χ3v) is 5.36. The van der Waals surface area contributed by atoms with Gasteiger partial charge in [0.25, 0.3) is 0 Å². The maximum Gasteiger partial charge on any atom is 0.337 e. The summed E-state index contributed by atoms with van der Waals surface area (Å²) in [6.45, 7) is 0. The van der Waals surface area contributed by atoms with Crippen LogP contribution in [0.25, 0.3) is 28.2 Å². The van der Waals surface area contributed by atoms with Gasteiger partial charge >= 0.3 is 11.9 Å². The standard InChI is InChI=1S/C16H13NO2.C10H9Br2NO2/c1-19-16(18)13-8-7-12-9-14(17-15(12)10-13)11-5-3-2-4-6-11;1-15-10(14)7-3-2-6(5-9(11)12)8(13)4-7/h2-10,17H,1H3;2-5H,13H2,1H3. The predicted octanol–water partition coefficient (Wildman–Crippen LogP) is 6.77. The highest BCUT2D eigenvalue weighted by atomic mass is 79.9. The Morgan fingerprint density at radius 3 is 2.06 bits per heavy atom. The van der Waals surface area contributed by atoms with Crippen LogP contribution in [-0.2, 0) is 9.47 Å². The van der Waals surface area contributed by atoms with Gasteiger partial charge in [0, 0.05) is 22.3 Å². The molecule has 0 radical (unpaired) electrons. The normalized spacial score (nSPS) is 10.1. The Bertz CT molecular complexity index is 1340. The van der Waals surface area contributed by atoms with E-state index in [2.05, 4.69) is 47.6 Å². The number of nitrogen functional groups attached to an aromatic ring is 1. The third-order valence-electron chi connectivity index (χ3n) is 4.90. The van der Waals surface area contributed by atoms with Crippen LogP contribution in [0.3, 0.4) is 0 Å². The highest BCUT2D eigenvalue weighted by Gasteiger charge is 2.09. The fraction of sp³-hybridized carbons (Fsp3) is 0.0769. The Morgan fingerprint density at radius 2 is 1.47 bits per heavy atom. The van der Waals surface area contributed by atoms with Crippen LogP contribution in [0.15, 0.2) is 76.2 Å². The second-order valence-corrected chi connectivity index (χ2v) is 9.88. The van der Waals surface area contributed by atoms with Gasteiger partial charge in [-0.3, -0.25) is 0 Å². The Balaban J connectivity index is 0.000000197. The molecule has 4 rings (SSSR count). The molecule has 1 aromatic heterocycles. The van der Waals surface area contributed by atoms with E-state index in [1.54, 1.807) is 30.3 Å². The van der Waals surface area contributed by atoms with Crippen molar-refractivity contribution in [1.82, 2.24) is 4.98 Å². The van der Waals surface area contributed by atoms with Crippen LogP contribution in [0.1, 0.15) is 26.3 Å². The van der Waals surface area contributed by atoms with Gasteiger partial charge in [-0.2, -0.15) is 0 Å². The average molecular weight is 586 g/mol. The molecule has 0 aliphatic heterocycles. The number of nitrogens with two attached hydrogens (primary N) is 1. The Labute approximate surface area is 214 Å². The lowest BCUT2D eigenvalue weighted by Gasteiger charge is -2.03. The van der Waals surface area contributed by atoms with E-state index >= 15 is 0 Å². The van der Waals surface area contributed by atoms with Crippen molar-refractivity contribution in [2.24, 2.45) is 0 Å². The number of benzene rings is 3. The maximum atomic E-state index is 11.5. The van der Waals surface area contributed by atoms with Gasteiger partial charge in [-0.1, -0.05) is 42.5 Å². The number of halogens is 2. The summed E-state index contributed by atoms with van der Waals surface area (Å²) in [5.74, 6) is -0.715. The Hall–Kier alpha value is -3.36. The van der Waals surface area contributed by atoms with Crippen LogP contribution >= 0.6 is 31.9 Å². The number of rotatable bonds is 4. The second-order valence-electron chi connectivity index (χ2n) is 7.11. The van der Waals surface area contributed by atoms with Crippen molar-refractivity contribution in [3.63, 3.8) is 0 Å². The number of H-pyrrole nitrogens is 1. The fourth-order valence-electron chi connectivity index (χ4n) is 3.21. The molecular formula is C26H22Br2N2O4. The predicted molar refractivity (Wildman–Crippen MR) is 143 cm³/mol. The lowest BCUT2D eigenvalue weighted by atomic mass is 10.1. The molecule has 34 heavy (non-hydrogen) atoms. The number of aromatic amines is 1. The minimum atomic E-state index is -0.393. The molecule has 8 heteroatoms. The zero-order chi connectivity index (χ0) is 24.7. The van der Waals surface area contributed by atoms with Crippen LogP contribution in [-0.4, -0.2) is 31.1 Å². The van der Waals surface area contributed by atoms with E-state index in [4.69, 9.17) is 10.5 Å². The van der Waals surface area contributed by atoms with E-state index in [1.807, 2.05) is 42.5 Å². The molecule has 0 aliphatic rings. The van der Waals surface area contributed by atoms with Crippen molar-refractivity contribution in [1.29, 1.82) is 0 Å². The van der Waals surface area contributed by atoms with Crippen LogP contribution in [0.2, 0.25) is 0 Å². The molecular weight excluding hydrogens is 564 g/mol. The monoisotopic (exact) mass is 584 g/mol. The van der Waals surface area contributed by atoms with Crippen molar-refractivity contribution in [2.75, 3.05) is 20.0 Å². The second kappa shape index (κ2) is 11.7. The first-order chi connectivity index (χ1) is 16.3. The van der Waals surface area contributed by atoms with Gasteiger partial charge in [0.15, 0.2) is 0 Å². The molecule has 0 fully saturated rings. The largest absolute Gasteiger partial charge is 0.465 e. The van der Waals surface area contributed by atoms with Gasteiger partial charge in [0.1, 0.15) is 0 Å². The summed E-state index contributed by atoms with van der Waals surface area (Å²) < 4.78 is 10.1. The number of nitrogens with one attached hydrogen (secondary N) is 1. The van der Waals surface area contributed by atoms with Gasteiger partial charge in [-0.05, 0) is 79.4 Å². The topological polar surface area (TPSA) is 94.4 Å². The van der Waals surface area contributed by atoms with Gasteiger partial charge in [-0.25, -0.2) is 9.59 Å². The highest BCUT2D eigenvalue weighted by Crippen LogP contribution is 2.25. The summed E-state index contributed by atoms with van der Waals surface area (Å²) in [7, 11) is 2.72. The summed E-state index contributed by atoms with van der Waals surface area (Å²) in [4.78, 5) is 26.0. The first-order valence-corrected chi connectivity index (χ1v) is 11.7. The number of esters is 2. The van der Waals surface area contributed by atoms with Gasteiger partial charge in [0.05, 0.1) is 28.7 Å². The summed E-state index contributed by atoms with van der Waals surface area (Å²) in [5, 5.41) is 1.08. The third kappa shape index (κ3) is 6.36. The minimum Gasteiger partial charge on any atom is -0.465 e. The van der Waals surface area contributed by atoms with Gasteiger partial charge in [0.2, 0.25) is 0 Å². The molecule has 3 N–H and O–H groups in total. The molecule has 0 saturated carbocycles. The van der Waals surface area contributed by atoms with E-state index in [1.165, 1.54) is 14.2 Å². The van der Waals surface area contributed by atoms with E-state index in [0.717, 1.165) is 31.1 Å². The smallest absolute Gasteiger partial charge is 0.337 e. The lowest BCUT2D eigenvalue weighted by molar-refractivity contribution is 0.0592. The number of hydrogen-bond acceptors (Lipinski definition) is 5. The lowest BCUT2D eigenvalue weighted by Crippen LogP contribution is -2.02. The molecule has 3 aromatic carbocycles. The van der Waals surface area contributed by atoms with E-state index in [9.17, 15) is 9.59 Å². The van der Waals surface area contributed by atoms with Crippen molar-refractivity contribution >= 4 is 66.5 Å². The van der Waals surface area contributed by atoms with E-state index < -0.39 is 5.97 Å². The van der Waals surface area contributed by atoms with Crippen LogP contribution < -0.4 is 5.73 Å². The van der Waals surface area contributed by atoms with Gasteiger partial charge in [-0.15, -0.1) is 0 Å². The number of hydrogen-bond donors (Lipinski definition) is 2. The number of ether oxygens (including phenoxy) is 2. The molecule has 0 unspecified atom stereocenters. The fourth-order valence-corrected chi connectivity index (χ4v) is 3.71. The minimum absolute atomic E-state index is 0.322. The zero-order valence-electron chi connectivity index (χ0n) is 18.5. The quantitative estimate of drug-likeness (QED) is 0.204. The summed E-state index contributed by atoms with van der Waals surface area (Å²) in [6.07, 6.45) is 1.80. The number of carbonyl (C=O) groups is 2. The van der Waals surface area contributed by atoms with Crippen LogP contribution in [0.5, 0.6) is 0 Å². The average Bonchev–Trinajstić information content (AvgIpc) is 3.28. The van der Waals surface area contributed by atoms with Gasteiger partial charge < -0.3 is 20.2 Å². The van der Waals surface area contributed by atoms with Crippen LogP contribution in [0, 0.1) is 0 Å². The Morgan fingerprint density at radius 1 is 0.853 bits per heavy atom. The maximum absolute atomic E-state index is 11.5. The molecule has 174 valence electrons. The Kier molecular flexibility index (Phi) is 8.67. The molecule has 0 atom stereocenters. The van der Waals surface area contributed by atoms with E-state index in [0.29, 0.717) is 16.8 Å². The van der Waals surface area contributed by atoms with Crippen molar-refractivity contribution in [2.45, 2.75) is 0 Å². The SMILES string of the molecule is COC(=O)c1ccc(C=C(Br)Br)c(N)c1.COC(=O)c1ccc2cc(-c3ccccc3)[nH]c2c1. The first-order valence-electron chi connectivity index (χ1n) is 10.1. The number of methoxy groups -OCH3 is 2. The zero-order valence-corrected chi connectivity index (χ0v) is 21.6. The highest BCUT2D eigenvalue weighted by molar-refractivity contribution is 9.28. The van der Waals surface area contributed by atoms with Crippen molar-refractivity contribution in [3.8, 4) is 11.3 Å². The van der Waals surface area contributed by atoms with Crippen molar-refractivity contribution < 1.29 is 19.1 Å². The molecule has 1 heterocycles. The molecule has 6 nitrogen and oxygen atoms in total. The molecule has 0 aliphatic carbocycles. The number of anilines is 1. The first kappa shape index (κ1) is 25.3. The number of carbonyl (C=O) groups excluding carboxylic acids is 2. The van der Waals surface area contributed by atoms with Crippen molar-refractivity contribution in [3.05, 3.63) is 92.9 Å². The molecule has 0 bridgehead atoms. The summed E-state index contributed by atoms with van der Waals surface area (Å²) in [6, 6.07) is 22.7. The molecule has 0 spiro atoms. The molecule has 4 aromatic rings. The molecule has 0 saturated heterocycles. The van der Waals surface area contributed by atoms with E-state index in [-0.39, 0.29) is 5.97 Å².